The molecule has 0 unspecified atom stereocenters. The smallest absolute Gasteiger partial charge is 0.267 e. The number of carbonyl (C=O) groups is 1. The van der Waals surface area contributed by atoms with Gasteiger partial charge in [0.25, 0.3) is 5.91 Å². The minimum Gasteiger partial charge on any atom is -0.485 e. The van der Waals surface area contributed by atoms with Gasteiger partial charge in [-0.25, -0.2) is 0 Å². The molecule has 1 saturated heterocycles. The number of para-hydroxylation sites is 3. The molecule has 1 atom stereocenters. The van der Waals surface area contributed by atoms with Crippen molar-refractivity contribution in [3.05, 3.63) is 54.1 Å². The lowest BCUT2D eigenvalue weighted by molar-refractivity contribution is -0.141. The quantitative estimate of drug-likeness (QED) is 0.844. The Bertz CT molecular complexity index is 769. The van der Waals surface area contributed by atoms with Crippen LogP contribution in [-0.2, 0) is 4.79 Å². The molecule has 1 amide bonds. The molecule has 5 heteroatoms. The van der Waals surface area contributed by atoms with Crippen molar-refractivity contribution in [1.82, 2.24) is 4.90 Å². The van der Waals surface area contributed by atoms with E-state index in [-0.39, 0.29) is 12.5 Å². The molecule has 0 spiro atoms. The monoisotopic (exact) mass is 338 g/mol. The highest BCUT2D eigenvalue weighted by Crippen LogP contribution is 2.31. The summed E-state index contributed by atoms with van der Waals surface area (Å²) in [6.07, 6.45) is -0.556. The zero-order valence-electron chi connectivity index (χ0n) is 14.4. The topological polar surface area (TPSA) is 42.0 Å². The van der Waals surface area contributed by atoms with Gasteiger partial charge in [0.1, 0.15) is 6.61 Å². The van der Waals surface area contributed by atoms with Crippen molar-refractivity contribution in [1.29, 1.82) is 0 Å². The lowest BCUT2D eigenvalue weighted by atomic mass is 10.1. The van der Waals surface area contributed by atoms with Crippen molar-refractivity contribution in [3.63, 3.8) is 0 Å². The summed E-state index contributed by atoms with van der Waals surface area (Å²) in [4.78, 5) is 17.0. The molecule has 0 bridgehead atoms. The van der Waals surface area contributed by atoms with Crippen LogP contribution in [0.4, 0.5) is 5.69 Å². The standard InChI is InChI=1S/C20H22N2O3/c1-15-6-2-3-7-16(15)21-10-12-22(13-11-21)20(23)19-14-24-17-8-4-5-9-18(17)25-19/h2-9,19H,10-14H2,1H3/t19-/m1/s1. The maximum Gasteiger partial charge on any atom is 0.267 e. The zero-order valence-corrected chi connectivity index (χ0v) is 14.4. The highest BCUT2D eigenvalue weighted by molar-refractivity contribution is 5.82. The fraction of sp³-hybridized carbons (Fsp3) is 0.350. The predicted octanol–water partition coefficient (Wildman–Crippen LogP) is 2.48. The Morgan fingerprint density at radius 1 is 0.960 bits per heavy atom. The van der Waals surface area contributed by atoms with Crippen molar-refractivity contribution in [2.24, 2.45) is 0 Å². The lowest BCUT2D eigenvalue weighted by Gasteiger charge is -2.38. The highest BCUT2D eigenvalue weighted by Gasteiger charge is 2.32. The van der Waals surface area contributed by atoms with E-state index in [2.05, 4.69) is 36.1 Å². The third-order valence-electron chi connectivity index (χ3n) is 4.83. The number of carbonyl (C=O) groups excluding carboxylic acids is 1. The fourth-order valence-corrected chi connectivity index (χ4v) is 3.43. The summed E-state index contributed by atoms with van der Waals surface area (Å²) in [6, 6.07) is 15.9. The second-order valence-electron chi connectivity index (χ2n) is 6.46. The molecule has 0 N–H and O–H groups in total. The van der Waals surface area contributed by atoms with E-state index in [1.807, 2.05) is 29.2 Å². The number of nitrogens with zero attached hydrogens (tertiary/aromatic N) is 2. The summed E-state index contributed by atoms with van der Waals surface area (Å²) in [5, 5.41) is 0. The number of fused-ring (bicyclic) bond motifs is 1. The summed E-state index contributed by atoms with van der Waals surface area (Å²) >= 11 is 0. The van der Waals surface area contributed by atoms with E-state index >= 15 is 0 Å². The Hall–Kier alpha value is -2.69. The summed E-state index contributed by atoms with van der Waals surface area (Å²) < 4.78 is 11.5. The molecule has 25 heavy (non-hydrogen) atoms. The van der Waals surface area contributed by atoms with Crippen molar-refractivity contribution in [2.45, 2.75) is 13.0 Å². The average Bonchev–Trinajstić information content (AvgIpc) is 2.67. The molecule has 2 aromatic carbocycles. The van der Waals surface area contributed by atoms with E-state index in [9.17, 15) is 4.79 Å². The predicted molar refractivity (Wildman–Crippen MR) is 96.3 cm³/mol. The van der Waals surface area contributed by atoms with Crippen LogP contribution in [0.15, 0.2) is 48.5 Å². The molecule has 1 fully saturated rings. The summed E-state index contributed by atoms with van der Waals surface area (Å²) in [7, 11) is 0. The molecule has 2 heterocycles. The Labute approximate surface area is 147 Å². The van der Waals surface area contributed by atoms with Gasteiger partial charge in [0.05, 0.1) is 0 Å². The minimum absolute atomic E-state index is 0.0129. The third kappa shape index (κ3) is 3.14. The molecule has 0 aliphatic carbocycles. The SMILES string of the molecule is Cc1ccccc1N1CCN(C(=O)[C@H]2COc3ccccc3O2)CC1. The van der Waals surface area contributed by atoms with E-state index < -0.39 is 6.10 Å². The van der Waals surface area contributed by atoms with Crippen LogP contribution < -0.4 is 14.4 Å². The second-order valence-corrected chi connectivity index (χ2v) is 6.46. The van der Waals surface area contributed by atoms with Crippen molar-refractivity contribution in [3.8, 4) is 11.5 Å². The Kier molecular flexibility index (Phi) is 4.22. The van der Waals surface area contributed by atoms with Crippen molar-refractivity contribution in [2.75, 3.05) is 37.7 Å². The molecule has 5 nitrogen and oxygen atoms in total. The van der Waals surface area contributed by atoms with E-state index in [4.69, 9.17) is 9.47 Å². The normalized spacial score (nSPS) is 19.6. The summed E-state index contributed by atoms with van der Waals surface area (Å²) in [6.45, 7) is 5.47. The molecular weight excluding hydrogens is 316 g/mol. The van der Waals surface area contributed by atoms with Gasteiger partial charge >= 0.3 is 0 Å². The van der Waals surface area contributed by atoms with E-state index in [0.29, 0.717) is 24.6 Å². The number of hydrogen-bond donors (Lipinski definition) is 0. The first kappa shape index (κ1) is 15.8. The number of amides is 1. The van der Waals surface area contributed by atoms with Gasteiger partial charge in [0.15, 0.2) is 11.5 Å². The van der Waals surface area contributed by atoms with Crippen LogP contribution in [-0.4, -0.2) is 49.7 Å². The van der Waals surface area contributed by atoms with Crippen LogP contribution in [0.3, 0.4) is 0 Å². The Balaban J connectivity index is 1.38. The molecule has 0 aromatic heterocycles. The maximum absolute atomic E-state index is 12.8. The first-order valence-electron chi connectivity index (χ1n) is 8.70. The molecular formula is C20H22N2O3. The number of ether oxygens (including phenoxy) is 2. The molecule has 2 aliphatic rings. The molecule has 0 saturated carbocycles. The average molecular weight is 338 g/mol. The third-order valence-corrected chi connectivity index (χ3v) is 4.83. The van der Waals surface area contributed by atoms with Gasteiger partial charge in [0.2, 0.25) is 6.10 Å². The largest absolute Gasteiger partial charge is 0.485 e. The number of rotatable bonds is 2. The fourth-order valence-electron chi connectivity index (χ4n) is 3.43. The Morgan fingerprint density at radius 3 is 2.40 bits per heavy atom. The van der Waals surface area contributed by atoms with Crippen LogP contribution in [0.5, 0.6) is 11.5 Å². The van der Waals surface area contributed by atoms with Gasteiger partial charge in [-0.3, -0.25) is 4.79 Å². The van der Waals surface area contributed by atoms with Gasteiger partial charge < -0.3 is 19.3 Å². The van der Waals surface area contributed by atoms with Gasteiger partial charge in [-0.2, -0.15) is 0 Å². The maximum atomic E-state index is 12.8. The number of hydrogen-bond acceptors (Lipinski definition) is 4. The second kappa shape index (κ2) is 6.67. The highest BCUT2D eigenvalue weighted by atomic mass is 16.6. The molecule has 0 radical (unpaired) electrons. The van der Waals surface area contributed by atoms with Crippen molar-refractivity contribution < 1.29 is 14.3 Å². The Morgan fingerprint density at radius 2 is 1.64 bits per heavy atom. The lowest BCUT2D eigenvalue weighted by Crippen LogP contribution is -2.54. The van der Waals surface area contributed by atoms with Gasteiger partial charge in [0, 0.05) is 31.9 Å². The molecule has 130 valence electrons. The number of benzene rings is 2. The van der Waals surface area contributed by atoms with E-state index in [1.165, 1.54) is 11.3 Å². The van der Waals surface area contributed by atoms with E-state index in [0.717, 1.165) is 13.1 Å². The first-order chi connectivity index (χ1) is 12.2. The van der Waals surface area contributed by atoms with Gasteiger partial charge in [-0.1, -0.05) is 30.3 Å². The zero-order chi connectivity index (χ0) is 17.2. The molecule has 2 aromatic rings. The number of piperazine rings is 1. The van der Waals surface area contributed by atoms with Gasteiger partial charge in [-0.15, -0.1) is 0 Å². The summed E-state index contributed by atoms with van der Waals surface area (Å²) in [5.74, 6) is 1.36. The van der Waals surface area contributed by atoms with Crippen LogP contribution in [0.25, 0.3) is 0 Å². The van der Waals surface area contributed by atoms with Crippen LogP contribution >= 0.6 is 0 Å². The first-order valence-corrected chi connectivity index (χ1v) is 8.70. The van der Waals surface area contributed by atoms with Crippen LogP contribution in [0, 0.1) is 6.92 Å². The molecule has 4 rings (SSSR count). The minimum atomic E-state index is -0.556. The number of aryl methyl sites for hydroxylation is 1. The van der Waals surface area contributed by atoms with Gasteiger partial charge in [-0.05, 0) is 30.7 Å². The van der Waals surface area contributed by atoms with Crippen LogP contribution in [0.2, 0.25) is 0 Å². The summed E-state index contributed by atoms with van der Waals surface area (Å²) in [5.41, 5.74) is 2.52. The molecule has 2 aliphatic heterocycles. The van der Waals surface area contributed by atoms with Crippen LogP contribution in [0.1, 0.15) is 5.56 Å². The van der Waals surface area contributed by atoms with E-state index in [1.54, 1.807) is 0 Å². The van der Waals surface area contributed by atoms with Crippen molar-refractivity contribution >= 4 is 11.6 Å². The number of anilines is 1.